The maximum absolute atomic E-state index is 13.1. The summed E-state index contributed by atoms with van der Waals surface area (Å²) in [6, 6.07) is 10.5. The molecule has 0 aliphatic carbocycles. The molecule has 6 nitrogen and oxygen atoms in total. The van der Waals surface area contributed by atoms with Crippen LogP contribution >= 0.6 is 11.6 Å². The van der Waals surface area contributed by atoms with Gasteiger partial charge in [0.25, 0.3) is 5.91 Å². The van der Waals surface area contributed by atoms with E-state index in [1.165, 1.54) is 0 Å². The number of amides is 2. The second-order valence-electron chi connectivity index (χ2n) is 7.83. The van der Waals surface area contributed by atoms with E-state index >= 15 is 0 Å². The van der Waals surface area contributed by atoms with Crippen LogP contribution in [0.5, 0.6) is 0 Å². The lowest BCUT2D eigenvalue weighted by molar-refractivity contribution is 0.0791. The van der Waals surface area contributed by atoms with Crippen LogP contribution in [0.1, 0.15) is 57.3 Å². The quantitative estimate of drug-likeness (QED) is 0.576. The van der Waals surface area contributed by atoms with E-state index in [1.54, 1.807) is 30.3 Å². The third kappa shape index (κ3) is 4.42. The number of aromatic amines is 1. The average molecular weight is 435 g/mol. The molecule has 3 N–H and O–H groups in total. The van der Waals surface area contributed by atoms with E-state index in [0.29, 0.717) is 29.0 Å². The number of nitrogens with one attached hydrogen (secondary N) is 1. The number of nitrogens with zero attached hydrogens (tertiary/aromatic N) is 2. The zero-order valence-corrected chi connectivity index (χ0v) is 17.8. The van der Waals surface area contributed by atoms with Crippen molar-refractivity contribution in [1.29, 1.82) is 0 Å². The van der Waals surface area contributed by atoms with Gasteiger partial charge in [-0.3, -0.25) is 9.59 Å². The van der Waals surface area contributed by atoms with Crippen molar-refractivity contribution in [3.05, 3.63) is 63.9 Å². The number of hydrogen-bond acceptors (Lipinski definition) is 3. The van der Waals surface area contributed by atoms with Crippen molar-refractivity contribution >= 4 is 34.4 Å². The number of primary amides is 1. The summed E-state index contributed by atoms with van der Waals surface area (Å²) in [6.07, 6.45) is 8.53. The van der Waals surface area contributed by atoms with Gasteiger partial charge in [0.2, 0.25) is 5.91 Å². The fraction of sp³-hybridized carbons (Fsp3) is 0.292. The van der Waals surface area contributed by atoms with Crippen molar-refractivity contribution in [2.24, 2.45) is 5.73 Å². The second kappa shape index (κ2) is 8.83. The molecule has 2 aromatic carbocycles. The molecule has 1 fully saturated rings. The van der Waals surface area contributed by atoms with E-state index in [1.807, 2.05) is 11.0 Å². The van der Waals surface area contributed by atoms with Gasteiger partial charge in [-0.2, -0.15) is 0 Å². The lowest BCUT2D eigenvalue weighted by Gasteiger charge is -2.20. The number of imidazole rings is 1. The highest BCUT2D eigenvalue weighted by Crippen LogP contribution is 2.28. The van der Waals surface area contributed by atoms with Gasteiger partial charge in [-0.25, -0.2) is 4.98 Å². The second-order valence-corrected chi connectivity index (χ2v) is 8.26. The molecule has 158 valence electrons. The molecule has 2 amide bonds. The number of carbonyl (C=O) groups excluding carboxylic acids is 2. The summed E-state index contributed by atoms with van der Waals surface area (Å²) in [5.41, 5.74) is 8.80. The van der Waals surface area contributed by atoms with Crippen LogP contribution in [0.25, 0.3) is 11.0 Å². The number of nitrogens with two attached hydrogens (primary N) is 1. The molecule has 0 bridgehead atoms. The van der Waals surface area contributed by atoms with Gasteiger partial charge >= 0.3 is 0 Å². The van der Waals surface area contributed by atoms with E-state index in [9.17, 15) is 9.59 Å². The SMILES string of the molecule is C#CC[C@@H](Cc1cc(C(N)=O)ccc1C(=O)N1CCCC1)c1nc2cc(Cl)ccc2[nH]1. The van der Waals surface area contributed by atoms with Crippen LogP contribution in [0, 0.1) is 12.3 Å². The van der Waals surface area contributed by atoms with E-state index in [0.717, 1.165) is 48.4 Å². The van der Waals surface area contributed by atoms with Crippen LogP contribution in [-0.4, -0.2) is 39.8 Å². The molecule has 2 heterocycles. The Kier molecular flexibility index (Phi) is 5.97. The summed E-state index contributed by atoms with van der Waals surface area (Å²) in [6.45, 7) is 1.49. The molecule has 7 heteroatoms. The Morgan fingerprint density at radius 2 is 2.00 bits per heavy atom. The number of hydrogen-bond donors (Lipinski definition) is 2. The topological polar surface area (TPSA) is 92.1 Å². The first-order chi connectivity index (χ1) is 15.0. The van der Waals surface area contributed by atoms with Crippen molar-refractivity contribution in [2.75, 3.05) is 13.1 Å². The van der Waals surface area contributed by atoms with Crippen LogP contribution < -0.4 is 5.73 Å². The van der Waals surface area contributed by atoms with E-state index in [2.05, 4.69) is 15.9 Å². The van der Waals surface area contributed by atoms with E-state index < -0.39 is 5.91 Å². The molecule has 31 heavy (non-hydrogen) atoms. The molecular formula is C24H23ClN4O2. The smallest absolute Gasteiger partial charge is 0.254 e. The third-order valence-electron chi connectivity index (χ3n) is 5.69. The number of aromatic nitrogens is 2. The number of benzene rings is 2. The predicted molar refractivity (Wildman–Crippen MR) is 121 cm³/mol. The third-order valence-corrected chi connectivity index (χ3v) is 5.93. The fourth-order valence-corrected chi connectivity index (χ4v) is 4.25. The minimum absolute atomic E-state index is 0.0284. The zero-order chi connectivity index (χ0) is 22.0. The van der Waals surface area contributed by atoms with Crippen molar-refractivity contribution in [3.8, 4) is 12.3 Å². The summed E-state index contributed by atoms with van der Waals surface area (Å²) in [4.78, 5) is 34.8. The Balaban J connectivity index is 1.72. The van der Waals surface area contributed by atoms with Crippen LogP contribution in [0.2, 0.25) is 5.02 Å². The van der Waals surface area contributed by atoms with E-state index in [-0.39, 0.29) is 11.8 Å². The van der Waals surface area contributed by atoms with Crippen molar-refractivity contribution in [3.63, 3.8) is 0 Å². The van der Waals surface area contributed by atoms with Gasteiger partial charge in [0.15, 0.2) is 0 Å². The monoisotopic (exact) mass is 434 g/mol. The Bertz CT molecular complexity index is 1190. The summed E-state index contributed by atoms with van der Waals surface area (Å²) >= 11 is 6.09. The zero-order valence-electron chi connectivity index (χ0n) is 17.0. The molecule has 3 aromatic rings. The lowest BCUT2D eigenvalue weighted by atomic mass is 9.91. The van der Waals surface area contributed by atoms with Gasteiger partial charge in [0, 0.05) is 41.6 Å². The minimum Gasteiger partial charge on any atom is -0.366 e. The van der Waals surface area contributed by atoms with Crippen LogP contribution in [0.4, 0.5) is 0 Å². The molecule has 1 aliphatic heterocycles. The van der Waals surface area contributed by atoms with Crippen molar-refractivity contribution in [2.45, 2.75) is 31.6 Å². The first-order valence-electron chi connectivity index (χ1n) is 10.3. The van der Waals surface area contributed by atoms with Gasteiger partial charge < -0.3 is 15.6 Å². The maximum atomic E-state index is 13.1. The van der Waals surface area contributed by atoms with Gasteiger partial charge in [-0.1, -0.05) is 11.6 Å². The molecule has 4 rings (SSSR count). The maximum Gasteiger partial charge on any atom is 0.254 e. The summed E-state index contributed by atoms with van der Waals surface area (Å²) in [7, 11) is 0. The molecule has 1 aliphatic rings. The predicted octanol–water partition coefficient (Wildman–Crippen LogP) is 3.90. The van der Waals surface area contributed by atoms with Gasteiger partial charge in [-0.15, -0.1) is 12.3 Å². The lowest BCUT2D eigenvalue weighted by Crippen LogP contribution is -2.29. The molecule has 1 aromatic heterocycles. The molecule has 0 spiro atoms. The largest absolute Gasteiger partial charge is 0.366 e. The number of fused-ring (bicyclic) bond motifs is 1. The molecule has 1 saturated heterocycles. The number of halogens is 1. The van der Waals surface area contributed by atoms with Crippen LogP contribution in [-0.2, 0) is 6.42 Å². The first kappa shape index (κ1) is 21.0. The number of H-pyrrole nitrogens is 1. The Morgan fingerprint density at radius 1 is 1.23 bits per heavy atom. The molecule has 0 radical (unpaired) electrons. The number of terminal acetylenes is 1. The van der Waals surface area contributed by atoms with Crippen LogP contribution in [0.15, 0.2) is 36.4 Å². The molecule has 1 atom stereocenters. The number of rotatable bonds is 6. The van der Waals surface area contributed by atoms with Gasteiger partial charge in [0.1, 0.15) is 5.82 Å². The highest BCUT2D eigenvalue weighted by atomic mass is 35.5. The molecular weight excluding hydrogens is 412 g/mol. The van der Waals surface area contributed by atoms with Gasteiger partial charge in [-0.05, 0) is 61.2 Å². The Labute approximate surface area is 185 Å². The molecule has 0 unspecified atom stereocenters. The summed E-state index contributed by atoms with van der Waals surface area (Å²) in [5, 5.41) is 0.603. The normalized spacial score (nSPS) is 14.5. The number of carbonyl (C=O) groups is 2. The Hall–Kier alpha value is -3.30. The highest BCUT2D eigenvalue weighted by molar-refractivity contribution is 6.31. The van der Waals surface area contributed by atoms with Gasteiger partial charge in [0.05, 0.1) is 11.0 Å². The molecule has 0 saturated carbocycles. The van der Waals surface area contributed by atoms with E-state index in [4.69, 9.17) is 23.8 Å². The highest BCUT2D eigenvalue weighted by Gasteiger charge is 2.25. The van der Waals surface area contributed by atoms with Crippen molar-refractivity contribution < 1.29 is 9.59 Å². The fourth-order valence-electron chi connectivity index (χ4n) is 4.08. The standard InChI is InChI=1S/C24H23ClN4O2/c1-2-5-16(23-27-20-9-7-18(25)14-21(20)28-23)13-17-12-15(22(26)30)6-8-19(17)24(31)29-10-3-4-11-29/h1,6-9,12,14,16H,3-5,10-11,13H2,(H2,26,30)(H,27,28)/t16-/m0/s1. The Morgan fingerprint density at radius 3 is 2.71 bits per heavy atom. The van der Waals surface area contributed by atoms with Crippen molar-refractivity contribution in [1.82, 2.24) is 14.9 Å². The summed E-state index contributed by atoms with van der Waals surface area (Å²) in [5.74, 6) is 2.71. The summed E-state index contributed by atoms with van der Waals surface area (Å²) < 4.78 is 0. The first-order valence-corrected chi connectivity index (χ1v) is 10.6. The number of likely N-dealkylation sites (tertiary alicyclic amines) is 1. The minimum atomic E-state index is -0.534. The average Bonchev–Trinajstić information content (AvgIpc) is 3.42. The van der Waals surface area contributed by atoms with Crippen LogP contribution in [0.3, 0.4) is 0 Å².